The molecule has 0 unspecified atom stereocenters. The fourth-order valence-electron chi connectivity index (χ4n) is 1.03. The Morgan fingerprint density at radius 2 is 1.62 bits per heavy atom. The van der Waals surface area contributed by atoms with Gasteiger partial charge in [0.2, 0.25) is 0 Å². The predicted molar refractivity (Wildman–Crippen MR) is 54.5 cm³/mol. The molecular formula is C9H11ClO2S. The lowest BCUT2D eigenvalue weighted by molar-refractivity contribution is 0.601. The molecule has 1 aromatic carbocycles. The summed E-state index contributed by atoms with van der Waals surface area (Å²) in [5.41, 5.74) is 1.80. The van der Waals surface area contributed by atoms with Crippen LogP contribution in [0.3, 0.4) is 0 Å². The molecule has 13 heavy (non-hydrogen) atoms. The Kier molecular flexibility index (Phi) is 3.33. The highest BCUT2D eigenvalue weighted by atomic mass is 35.5. The number of halogens is 1. The van der Waals surface area contributed by atoms with Crippen LogP contribution in [0, 0.1) is 0 Å². The first-order chi connectivity index (χ1) is 6.01. The lowest BCUT2D eigenvalue weighted by atomic mass is 10.2. The third-order valence-electron chi connectivity index (χ3n) is 1.61. The van der Waals surface area contributed by atoms with Gasteiger partial charge in [-0.3, -0.25) is 0 Å². The van der Waals surface area contributed by atoms with E-state index in [2.05, 4.69) is 0 Å². The van der Waals surface area contributed by atoms with Gasteiger partial charge in [0.1, 0.15) is 0 Å². The van der Waals surface area contributed by atoms with E-state index >= 15 is 0 Å². The zero-order chi connectivity index (χ0) is 9.90. The van der Waals surface area contributed by atoms with Crippen molar-refractivity contribution < 1.29 is 8.42 Å². The van der Waals surface area contributed by atoms with E-state index in [0.29, 0.717) is 5.88 Å². The first-order valence-electron chi connectivity index (χ1n) is 3.83. The maximum Gasteiger partial charge on any atom is 0.151 e. The zero-order valence-electron chi connectivity index (χ0n) is 7.33. The summed E-state index contributed by atoms with van der Waals surface area (Å²) in [4.78, 5) is 0. The van der Waals surface area contributed by atoms with Crippen LogP contribution in [0.2, 0.25) is 0 Å². The summed E-state index contributed by atoms with van der Waals surface area (Å²) in [6.07, 6.45) is 1.22. The molecule has 2 nitrogen and oxygen atoms in total. The quantitative estimate of drug-likeness (QED) is 0.727. The van der Waals surface area contributed by atoms with E-state index in [1.807, 2.05) is 12.1 Å². The van der Waals surface area contributed by atoms with E-state index in [1.54, 1.807) is 12.1 Å². The van der Waals surface area contributed by atoms with Crippen LogP contribution in [0.1, 0.15) is 11.1 Å². The first-order valence-corrected chi connectivity index (χ1v) is 6.42. The molecule has 0 aliphatic carbocycles. The topological polar surface area (TPSA) is 34.1 Å². The molecule has 4 heteroatoms. The highest BCUT2D eigenvalue weighted by Crippen LogP contribution is 2.09. The lowest BCUT2D eigenvalue weighted by Crippen LogP contribution is -2.00. The van der Waals surface area contributed by atoms with E-state index in [0.717, 1.165) is 11.1 Å². The normalized spacial score (nSPS) is 11.5. The van der Waals surface area contributed by atoms with Crippen LogP contribution in [-0.4, -0.2) is 14.7 Å². The van der Waals surface area contributed by atoms with Crippen molar-refractivity contribution in [1.82, 2.24) is 0 Å². The Hall–Kier alpha value is -0.540. The van der Waals surface area contributed by atoms with Crippen LogP contribution < -0.4 is 0 Å². The molecule has 0 amide bonds. The van der Waals surface area contributed by atoms with Gasteiger partial charge in [0.25, 0.3) is 0 Å². The van der Waals surface area contributed by atoms with E-state index in [9.17, 15) is 8.42 Å². The molecule has 0 heterocycles. The van der Waals surface area contributed by atoms with Crippen molar-refractivity contribution in [2.75, 3.05) is 6.26 Å². The van der Waals surface area contributed by atoms with Gasteiger partial charge >= 0.3 is 0 Å². The number of benzene rings is 1. The van der Waals surface area contributed by atoms with Crippen LogP contribution in [0.25, 0.3) is 0 Å². The summed E-state index contributed by atoms with van der Waals surface area (Å²) >= 11 is 5.59. The van der Waals surface area contributed by atoms with Gasteiger partial charge < -0.3 is 0 Å². The van der Waals surface area contributed by atoms with E-state index in [4.69, 9.17) is 11.6 Å². The van der Waals surface area contributed by atoms with Gasteiger partial charge in [0.15, 0.2) is 9.84 Å². The Balaban J connectivity index is 2.81. The zero-order valence-corrected chi connectivity index (χ0v) is 8.90. The van der Waals surface area contributed by atoms with E-state index in [1.165, 1.54) is 6.26 Å². The summed E-state index contributed by atoms with van der Waals surface area (Å²) in [5, 5.41) is 0. The maximum atomic E-state index is 10.9. The fourth-order valence-corrected chi connectivity index (χ4v) is 2.00. The van der Waals surface area contributed by atoms with Gasteiger partial charge in [0, 0.05) is 12.1 Å². The van der Waals surface area contributed by atoms with Crippen molar-refractivity contribution in [3.63, 3.8) is 0 Å². The highest BCUT2D eigenvalue weighted by Gasteiger charge is 2.03. The van der Waals surface area contributed by atoms with Crippen molar-refractivity contribution >= 4 is 21.4 Å². The average molecular weight is 219 g/mol. The summed E-state index contributed by atoms with van der Waals surface area (Å²) in [6.45, 7) is 0. The molecule has 0 spiro atoms. The van der Waals surface area contributed by atoms with E-state index < -0.39 is 9.84 Å². The van der Waals surface area contributed by atoms with Crippen molar-refractivity contribution in [1.29, 1.82) is 0 Å². The molecule has 1 aromatic rings. The third kappa shape index (κ3) is 3.79. The molecule has 0 radical (unpaired) electrons. The van der Waals surface area contributed by atoms with Crippen LogP contribution in [0.4, 0.5) is 0 Å². The van der Waals surface area contributed by atoms with Crippen molar-refractivity contribution in [3.8, 4) is 0 Å². The van der Waals surface area contributed by atoms with Gasteiger partial charge in [-0.2, -0.15) is 0 Å². The SMILES string of the molecule is CS(=O)(=O)Cc1ccc(CCl)cc1. The van der Waals surface area contributed by atoms with Gasteiger partial charge in [-0.25, -0.2) is 8.42 Å². The molecule has 0 bridgehead atoms. The molecular weight excluding hydrogens is 208 g/mol. The second kappa shape index (κ2) is 4.11. The lowest BCUT2D eigenvalue weighted by Gasteiger charge is -2.00. The Morgan fingerprint density at radius 1 is 1.15 bits per heavy atom. The van der Waals surface area contributed by atoms with Gasteiger partial charge in [-0.1, -0.05) is 24.3 Å². The van der Waals surface area contributed by atoms with Crippen molar-refractivity contribution in [2.24, 2.45) is 0 Å². The maximum absolute atomic E-state index is 10.9. The minimum atomic E-state index is -2.93. The molecule has 0 aliphatic heterocycles. The Bertz CT molecular complexity index is 367. The molecule has 1 rings (SSSR count). The van der Waals surface area contributed by atoms with E-state index in [-0.39, 0.29) is 5.75 Å². The molecule has 0 atom stereocenters. The van der Waals surface area contributed by atoms with Gasteiger partial charge in [-0.05, 0) is 11.1 Å². The van der Waals surface area contributed by atoms with Gasteiger partial charge in [0.05, 0.1) is 5.75 Å². The van der Waals surface area contributed by atoms with Crippen LogP contribution in [0.5, 0.6) is 0 Å². The fraction of sp³-hybridized carbons (Fsp3) is 0.333. The minimum absolute atomic E-state index is 0.0928. The third-order valence-corrected chi connectivity index (χ3v) is 2.77. The Morgan fingerprint density at radius 3 is 2.00 bits per heavy atom. The second-order valence-corrected chi connectivity index (χ2v) is 5.43. The second-order valence-electron chi connectivity index (χ2n) is 3.02. The Labute approximate surface area is 83.5 Å². The first kappa shape index (κ1) is 10.5. The molecule has 0 N–H and O–H groups in total. The predicted octanol–water partition coefficient (Wildman–Crippen LogP) is 1.97. The standard InChI is InChI=1S/C9H11ClO2S/c1-13(11,12)7-9-4-2-8(6-10)3-5-9/h2-5H,6-7H2,1H3. The van der Waals surface area contributed by atoms with Crippen LogP contribution in [0.15, 0.2) is 24.3 Å². The summed E-state index contributed by atoms with van der Waals surface area (Å²) in [6, 6.07) is 7.26. The highest BCUT2D eigenvalue weighted by molar-refractivity contribution is 7.89. The number of alkyl halides is 1. The number of sulfone groups is 1. The van der Waals surface area contributed by atoms with Crippen molar-refractivity contribution in [2.45, 2.75) is 11.6 Å². The largest absolute Gasteiger partial charge is 0.229 e. The van der Waals surface area contributed by atoms with Crippen LogP contribution >= 0.6 is 11.6 Å². The average Bonchev–Trinajstić information content (AvgIpc) is 2.03. The van der Waals surface area contributed by atoms with Crippen molar-refractivity contribution in [3.05, 3.63) is 35.4 Å². The number of hydrogen-bond donors (Lipinski definition) is 0. The summed E-state index contributed by atoms with van der Waals surface area (Å²) in [5.74, 6) is 0.550. The molecule has 0 aromatic heterocycles. The smallest absolute Gasteiger partial charge is 0.151 e. The number of rotatable bonds is 3. The molecule has 0 aliphatic rings. The summed E-state index contributed by atoms with van der Waals surface area (Å²) in [7, 11) is -2.93. The number of hydrogen-bond acceptors (Lipinski definition) is 2. The van der Waals surface area contributed by atoms with Gasteiger partial charge in [-0.15, -0.1) is 11.6 Å². The molecule has 72 valence electrons. The molecule has 0 saturated carbocycles. The monoisotopic (exact) mass is 218 g/mol. The molecule has 0 fully saturated rings. The van der Waals surface area contributed by atoms with Crippen LogP contribution in [-0.2, 0) is 21.5 Å². The molecule has 0 saturated heterocycles. The summed E-state index contributed by atoms with van der Waals surface area (Å²) < 4.78 is 21.9. The minimum Gasteiger partial charge on any atom is -0.229 e.